The van der Waals surface area contributed by atoms with E-state index in [0.717, 1.165) is 11.3 Å². The molecule has 0 saturated heterocycles. The summed E-state index contributed by atoms with van der Waals surface area (Å²) in [4.78, 5) is 25.0. The Morgan fingerprint density at radius 2 is 1.87 bits per heavy atom. The fourth-order valence-corrected chi connectivity index (χ4v) is 3.01. The Bertz CT molecular complexity index is 550. The predicted octanol–water partition coefficient (Wildman–Crippen LogP) is 2.72. The monoisotopic (exact) mass is 319 g/mol. The van der Waals surface area contributed by atoms with E-state index in [-0.39, 0.29) is 17.7 Å². The number of aliphatic carboxylic acids is 1. The summed E-state index contributed by atoms with van der Waals surface area (Å²) in [6.07, 6.45) is 2.52. The highest BCUT2D eigenvalue weighted by Crippen LogP contribution is 2.30. The van der Waals surface area contributed by atoms with Gasteiger partial charge in [0.15, 0.2) is 0 Å². The minimum absolute atomic E-state index is 0.0467. The van der Waals surface area contributed by atoms with Crippen LogP contribution >= 0.6 is 0 Å². The van der Waals surface area contributed by atoms with Crippen molar-refractivity contribution in [1.29, 1.82) is 0 Å². The number of nitrogens with zero attached hydrogens (tertiary/aromatic N) is 1. The molecule has 1 N–H and O–H groups in total. The van der Waals surface area contributed by atoms with E-state index < -0.39 is 5.97 Å². The molecular formula is C18H25NO4. The first kappa shape index (κ1) is 17.3. The molecule has 0 radical (unpaired) electrons. The summed E-state index contributed by atoms with van der Waals surface area (Å²) in [5, 5.41) is 9.00. The van der Waals surface area contributed by atoms with Crippen LogP contribution in [0.25, 0.3) is 0 Å². The number of likely N-dealkylation sites (N-methyl/N-ethyl adjacent to an activating group) is 1. The van der Waals surface area contributed by atoms with E-state index in [9.17, 15) is 9.59 Å². The minimum atomic E-state index is -0.740. The standard InChI is InChI=1S/C18H25NO4/c1-13-4-3-5-16(12-13)23-11-10-19(2)17(20)14-6-8-15(9-7-14)18(21)22/h3-5,12,14-15H,6-11H2,1-2H3,(H,21,22). The van der Waals surface area contributed by atoms with Crippen molar-refractivity contribution in [3.63, 3.8) is 0 Å². The molecule has 1 aromatic rings. The zero-order valence-electron chi connectivity index (χ0n) is 13.8. The van der Waals surface area contributed by atoms with Crippen molar-refractivity contribution in [2.75, 3.05) is 20.2 Å². The molecule has 0 heterocycles. The fourth-order valence-electron chi connectivity index (χ4n) is 3.01. The summed E-state index contributed by atoms with van der Waals surface area (Å²) >= 11 is 0. The number of amides is 1. The first-order chi connectivity index (χ1) is 11.0. The van der Waals surface area contributed by atoms with Crippen molar-refractivity contribution in [2.24, 2.45) is 11.8 Å². The van der Waals surface area contributed by atoms with Crippen molar-refractivity contribution in [2.45, 2.75) is 32.6 Å². The second-order valence-electron chi connectivity index (χ2n) is 6.31. The van der Waals surface area contributed by atoms with Gasteiger partial charge >= 0.3 is 5.97 Å². The summed E-state index contributed by atoms with van der Waals surface area (Å²) in [6, 6.07) is 7.83. The van der Waals surface area contributed by atoms with Gasteiger partial charge in [-0.05, 0) is 50.3 Å². The van der Waals surface area contributed by atoms with Crippen LogP contribution in [-0.2, 0) is 9.59 Å². The lowest BCUT2D eigenvalue weighted by molar-refractivity contribution is -0.145. The molecule has 0 atom stereocenters. The van der Waals surface area contributed by atoms with Gasteiger partial charge in [0.05, 0.1) is 12.5 Å². The molecule has 23 heavy (non-hydrogen) atoms. The highest BCUT2D eigenvalue weighted by Gasteiger charge is 2.31. The minimum Gasteiger partial charge on any atom is -0.492 e. The first-order valence-corrected chi connectivity index (χ1v) is 8.14. The molecule has 0 aromatic heterocycles. The molecule has 5 heteroatoms. The van der Waals surface area contributed by atoms with Gasteiger partial charge in [0.25, 0.3) is 0 Å². The van der Waals surface area contributed by atoms with Gasteiger partial charge in [-0.25, -0.2) is 0 Å². The number of hydrogen-bond donors (Lipinski definition) is 1. The molecule has 1 aliphatic carbocycles. The van der Waals surface area contributed by atoms with Crippen molar-refractivity contribution >= 4 is 11.9 Å². The van der Waals surface area contributed by atoms with E-state index in [4.69, 9.17) is 9.84 Å². The van der Waals surface area contributed by atoms with Crippen LogP contribution in [0.15, 0.2) is 24.3 Å². The molecule has 1 amide bonds. The molecule has 0 bridgehead atoms. The Balaban J connectivity index is 1.74. The molecule has 0 spiro atoms. The van der Waals surface area contributed by atoms with Crippen LogP contribution in [0.5, 0.6) is 5.75 Å². The lowest BCUT2D eigenvalue weighted by Gasteiger charge is -2.28. The number of carbonyl (C=O) groups is 2. The van der Waals surface area contributed by atoms with Gasteiger partial charge in [0.2, 0.25) is 5.91 Å². The van der Waals surface area contributed by atoms with Gasteiger partial charge in [0, 0.05) is 13.0 Å². The van der Waals surface area contributed by atoms with E-state index in [1.807, 2.05) is 31.2 Å². The quantitative estimate of drug-likeness (QED) is 0.875. The number of hydrogen-bond acceptors (Lipinski definition) is 3. The van der Waals surface area contributed by atoms with E-state index in [2.05, 4.69) is 0 Å². The Hall–Kier alpha value is -2.04. The van der Waals surface area contributed by atoms with E-state index in [0.29, 0.717) is 38.8 Å². The van der Waals surface area contributed by atoms with Crippen LogP contribution in [0.1, 0.15) is 31.2 Å². The molecule has 0 unspecified atom stereocenters. The third-order valence-corrected chi connectivity index (χ3v) is 4.49. The third kappa shape index (κ3) is 4.98. The Morgan fingerprint density at radius 3 is 2.48 bits per heavy atom. The van der Waals surface area contributed by atoms with E-state index in [1.165, 1.54) is 0 Å². The fraction of sp³-hybridized carbons (Fsp3) is 0.556. The van der Waals surface area contributed by atoms with Crippen LogP contribution in [0.4, 0.5) is 0 Å². The number of benzene rings is 1. The van der Waals surface area contributed by atoms with Crippen molar-refractivity contribution < 1.29 is 19.4 Å². The topological polar surface area (TPSA) is 66.8 Å². The second-order valence-corrected chi connectivity index (χ2v) is 6.31. The maximum Gasteiger partial charge on any atom is 0.306 e. The van der Waals surface area contributed by atoms with Crippen LogP contribution in [0.2, 0.25) is 0 Å². The molecule has 2 rings (SSSR count). The zero-order chi connectivity index (χ0) is 16.8. The van der Waals surface area contributed by atoms with Crippen molar-refractivity contribution in [1.82, 2.24) is 4.90 Å². The van der Waals surface area contributed by atoms with Crippen molar-refractivity contribution in [3.8, 4) is 5.75 Å². The van der Waals surface area contributed by atoms with Crippen LogP contribution in [-0.4, -0.2) is 42.1 Å². The summed E-state index contributed by atoms with van der Waals surface area (Å²) in [5.74, 6) is -0.158. The average molecular weight is 319 g/mol. The summed E-state index contributed by atoms with van der Waals surface area (Å²) in [7, 11) is 1.78. The summed E-state index contributed by atoms with van der Waals surface area (Å²) in [5.41, 5.74) is 1.14. The van der Waals surface area contributed by atoms with Crippen molar-refractivity contribution in [3.05, 3.63) is 29.8 Å². The largest absolute Gasteiger partial charge is 0.492 e. The van der Waals surface area contributed by atoms with E-state index in [1.54, 1.807) is 11.9 Å². The van der Waals surface area contributed by atoms with Gasteiger partial charge in [-0.1, -0.05) is 12.1 Å². The highest BCUT2D eigenvalue weighted by atomic mass is 16.5. The maximum absolute atomic E-state index is 12.4. The highest BCUT2D eigenvalue weighted by molar-refractivity contribution is 5.79. The number of aryl methyl sites for hydroxylation is 1. The number of carboxylic acids is 1. The maximum atomic E-state index is 12.4. The molecule has 1 saturated carbocycles. The molecule has 5 nitrogen and oxygen atoms in total. The molecular weight excluding hydrogens is 294 g/mol. The zero-order valence-corrected chi connectivity index (χ0v) is 13.8. The molecule has 1 aromatic carbocycles. The average Bonchev–Trinajstić information content (AvgIpc) is 2.54. The Kier molecular flexibility index (Phi) is 6.02. The predicted molar refractivity (Wildman–Crippen MR) is 87.4 cm³/mol. The molecule has 1 fully saturated rings. The third-order valence-electron chi connectivity index (χ3n) is 4.49. The van der Waals surface area contributed by atoms with Crippen LogP contribution in [0.3, 0.4) is 0 Å². The van der Waals surface area contributed by atoms with E-state index >= 15 is 0 Å². The van der Waals surface area contributed by atoms with Crippen LogP contribution in [0, 0.1) is 18.8 Å². The Morgan fingerprint density at radius 1 is 1.22 bits per heavy atom. The lowest BCUT2D eigenvalue weighted by atomic mass is 9.81. The Labute approximate surface area is 137 Å². The summed E-state index contributed by atoms with van der Waals surface area (Å²) < 4.78 is 5.67. The SMILES string of the molecule is Cc1cccc(OCCN(C)C(=O)C2CCC(C(=O)O)CC2)c1. The lowest BCUT2D eigenvalue weighted by Crippen LogP contribution is -2.38. The van der Waals surface area contributed by atoms with Crippen LogP contribution < -0.4 is 4.74 Å². The molecule has 1 aliphatic rings. The smallest absolute Gasteiger partial charge is 0.306 e. The van der Waals surface area contributed by atoms with Gasteiger partial charge < -0.3 is 14.7 Å². The van der Waals surface area contributed by atoms with Gasteiger partial charge in [0.1, 0.15) is 12.4 Å². The molecule has 0 aliphatic heterocycles. The molecule has 126 valence electrons. The van der Waals surface area contributed by atoms with Gasteiger partial charge in [-0.3, -0.25) is 9.59 Å². The normalized spacial score (nSPS) is 20.8. The number of rotatable bonds is 6. The second kappa shape index (κ2) is 7.99. The number of ether oxygens (including phenoxy) is 1. The summed E-state index contributed by atoms with van der Waals surface area (Å²) in [6.45, 7) is 3.00. The number of carboxylic acid groups (broad SMARTS) is 1. The van der Waals surface area contributed by atoms with Gasteiger partial charge in [-0.15, -0.1) is 0 Å². The first-order valence-electron chi connectivity index (χ1n) is 8.14. The van der Waals surface area contributed by atoms with Gasteiger partial charge in [-0.2, -0.15) is 0 Å². The number of carbonyl (C=O) groups excluding carboxylic acids is 1.